The minimum Gasteiger partial charge on any atom is -0.269 e. The average Bonchev–Trinajstić information content (AvgIpc) is 2.35. The first-order chi connectivity index (χ1) is 4.38. The molecule has 1 aliphatic heterocycles. The predicted octanol–water partition coefficient (Wildman–Crippen LogP) is -0.323. The molecule has 4 nitrogen and oxygen atoms in total. The third-order valence-electron chi connectivity index (χ3n) is 1.27. The molecule has 0 aromatic carbocycles. The highest BCUT2D eigenvalue weighted by Crippen LogP contribution is 2.19. The summed E-state index contributed by atoms with van der Waals surface area (Å²) in [5, 5.41) is 6.98. The van der Waals surface area contributed by atoms with Crippen molar-refractivity contribution in [3.05, 3.63) is 10.5 Å². The molecular weight excluding hydrogens is 138 g/mol. The van der Waals surface area contributed by atoms with Gasteiger partial charge in [-0.3, -0.25) is 4.57 Å². The van der Waals surface area contributed by atoms with Gasteiger partial charge >= 0.3 is 5.69 Å². The Balaban J connectivity index is 2.70. The van der Waals surface area contributed by atoms with Crippen molar-refractivity contribution in [1.29, 1.82) is 0 Å². The van der Waals surface area contributed by atoms with E-state index in [0.717, 1.165) is 17.5 Å². The minimum absolute atomic E-state index is 0.0880. The smallest absolute Gasteiger partial charge is 0.269 e. The zero-order valence-electron chi connectivity index (χ0n) is 4.63. The second-order valence-electron chi connectivity index (χ2n) is 1.81. The van der Waals surface area contributed by atoms with Gasteiger partial charge in [0.1, 0.15) is 0 Å². The molecule has 1 aromatic rings. The number of aromatic nitrogens is 3. The van der Waals surface area contributed by atoms with Gasteiger partial charge in [-0.05, 0) is 0 Å². The third-order valence-corrected chi connectivity index (χ3v) is 2.23. The molecule has 0 radical (unpaired) electrons. The number of H-pyrrole nitrogens is 1. The Bertz CT molecular complexity index is 276. The van der Waals surface area contributed by atoms with Gasteiger partial charge in [-0.25, -0.2) is 9.89 Å². The number of fused-ring (bicyclic) bond motifs is 1. The van der Waals surface area contributed by atoms with Gasteiger partial charge in [-0.1, -0.05) is 11.8 Å². The van der Waals surface area contributed by atoms with Gasteiger partial charge in [0.25, 0.3) is 0 Å². The van der Waals surface area contributed by atoms with Crippen molar-refractivity contribution in [1.82, 2.24) is 14.8 Å². The van der Waals surface area contributed by atoms with Gasteiger partial charge in [-0.2, -0.15) is 0 Å². The molecule has 0 aliphatic carbocycles. The van der Waals surface area contributed by atoms with Crippen LogP contribution in [0.1, 0.15) is 0 Å². The standard InChI is InChI=1S/C4H5N3OS/c8-3-5-6-4-7(3)1-2-9-4/h1-2H2,(H,5,8). The molecule has 0 unspecified atom stereocenters. The summed E-state index contributed by atoms with van der Waals surface area (Å²) in [5.74, 6) is 0.978. The first kappa shape index (κ1) is 5.10. The normalized spacial score (nSPS) is 16.0. The van der Waals surface area contributed by atoms with E-state index in [-0.39, 0.29) is 5.69 Å². The summed E-state index contributed by atoms with van der Waals surface area (Å²) in [6.07, 6.45) is 0. The number of rotatable bonds is 0. The molecule has 0 atom stereocenters. The summed E-state index contributed by atoms with van der Waals surface area (Å²) < 4.78 is 1.64. The van der Waals surface area contributed by atoms with Crippen LogP contribution in [0.3, 0.4) is 0 Å². The molecule has 0 amide bonds. The van der Waals surface area contributed by atoms with Crippen LogP contribution in [-0.4, -0.2) is 20.5 Å². The van der Waals surface area contributed by atoms with Crippen molar-refractivity contribution in [3.8, 4) is 0 Å². The van der Waals surface area contributed by atoms with Crippen LogP contribution in [0.4, 0.5) is 0 Å². The van der Waals surface area contributed by atoms with E-state index in [1.165, 1.54) is 0 Å². The van der Waals surface area contributed by atoms with E-state index in [2.05, 4.69) is 10.2 Å². The molecule has 1 N–H and O–H groups in total. The zero-order chi connectivity index (χ0) is 6.27. The molecule has 2 rings (SSSR count). The number of hydrogen-bond donors (Lipinski definition) is 1. The third kappa shape index (κ3) is 0.610. The number of aromatic amines is 1. The van der Waals surface area contributed by atoms with Gasteiger partial charge in [0.05, 0.1) is 0 Å². The molecule has 2 heterocycles. The molecule has 48 valence electrons. The Kier molecular flexibility index (Phi) is 0.926. The lowest BCUT2D eigenvalue weighted by Gasteiger charge is -1.83. The molecule has 0 spiro atoms. The molecular formula is C4H5N3OS. The maximum atomic E-state index is 10.7. The molecule has 1 aromatic heterocycles. The minimum atomic E-state index is -0.0880. The fraction of sp³-hybridized carbons (Fsp3) is 0.500. The average molecular weight is 143 g/mol. The lowest BCUT2D eigenvalue weighted by molar-refractivity contribution is 0.696. The monoisotopic (exact) mass is 143 g/mol. The van der Waals surface area contributed by atoms with Crippen LogP contribution < -0.4 is 5.69 Å². The molecule has 0 saturated carbocycles. The van der Waals surface area contributed by atoms with Crippen LogP contribution in [-0.2, 0) is 6.54 Å². The highest BCUT2D eigenvalue weighted by atomic mass is 32.2. The van der Waals surface area contributed by atoms with Crippen molar-refractivity contribution in [2.75, 3.05) is 5.75 Å². The first-order valence-electron chi connectivity index (χ1n) is 2.66. The van der Waals surface area contributed by atoms with Crippen LogP contribution >= 0.6 is 11.8 Å². The fourth-order valence-corrected chi connectivity index (χ4v) is 1.74. The summed E-state index contributed by atoms with van der Waals surface area (Å²) in [7, 11) is 0. The van der Waals surface area contributed by atoms with E-state index in [9.17, 15) is 4.79 Å². The van der Waals surface area contributed by atoms with E-state index in [4.69, 9.17) is 0 Å². The largest absolute Gasteiger partial charge is 0.344 e. The van der Waals surface area contributed by atoms with E-state index in [1.54, 1.807) is 16.3 Å². The first-order valence-corrected chi connectivity index (χ1v) is 3.64. The highest BCUT2D eigenvalue weighted by molar-refractivity contribution is 7.99. The maximum Gasteiger partial charge on any atom is 0.344 e. The van der Waals surface area contributed by atoms with Gasteiger partial charge in [0.2, 0.25) is 0 Å². The summed E-state index contributed by atoms with van der Waals surface area (Å²) in [4.78, 5) is 10.7. The van der Waals surface area contributed by atoms with Crippen molar-refractivity contribution >= 4 is 11.8 Å². The number of hydrogen-bond acceptors (Lipinski definition) is 3. The highest BCUT2D eigenvalue weighted by Gasteiger charge is 2.13. The van der Waals surface area contributed by atoms with Crippen LogP contribution in [0.5, 0.6) is 0 Å². The lowest BCUT2D eigenvalue weighted by Crippen LogP contribution is -2.15. The van der Waals surface area contributed by atoms with Crippen molar-refractivity contribution in [3.63, 3.8) is 0 Å². The summed E-state index contributed by atoms with van der Waals surface area (Å²) in [6.45, 7) is 0.801. The molecule has 1 aliphatic rings. The SMILES string of the molecule is O=c1[nH]nc2n1CCS2. The number of nitrogens with one attached hydrogen (secondary N) is 1. The molecule has 0 saturated heterocycles. The lowest BCUT2D eigenvalue weighted by atomic mass is 10.7. The van der Waals surface area contributed by atoms with Crippen molar-refractivity contribution in [2.45, 2.75) is 11.7 Å². The van der Waals surface area contributed by atoms with Crippen LogP contribution in [0.15, 0.2) is 9.95 Å². The van der Waals surface area contributed by atoms with Gasteiger partial charge < -0.3 is 0 Å². The van der Waals surface area contributed by atoms with E-state index in [0.29, 0.717) is 0 Å². The Hall–Kier alpha value is -0.710. The molecule has 0 bridgehead atoms. The van der Waals surface area contributed by atoms with Crippen LogP contribution in [0.25, 0.3) is 0 Å². The second-order valence-corrected chi connectivity index (χ2v) is 2.87. The Morgan fingerprint density at radius 1 is 1.78 bits per heavy atom. The van der Waals surface area contributed by atoms with E-state index < -0.39 is 0 Å². The fourth-order valence-electron chi connectivity index (χ4n) is 0.839. The summed E-state index contributed by atoms with van der Waals surface area (Å²) >= 11 is 1.61. The van der Waals surface area contributed by atoms with E-state index in [1.807, 2.05) is 0 Å². The van der Waals surface area contributed by atoms with Crippen LogP contribution in [0, 0.1) is 0 Å². The summed E-state index contributed by atoms with van der Waals surface area (Å²) in [5.41, 5.74) is -0.0880. The van der Waals surface area contributed by atoms with Crippen molar-refractivity contribution < 1.29 is 0 Å². The van der Waals surface area contributed by atoms with E-state index >= 15 is 0 Å². The van der Waals surface area contributed by atoms with Gasteiger partial charge in [-0.15, -0.1) is 5.10 Å². The molecule has 5 heteroatoms. The van der Waals surface area contributed by atoms with Gasteiger partial charge in [0.15, 0.2) is 5.16 Å². The quantitative estimate of drug-likeness (QED) is 0.541. The Morgan fingerprint density at radius 2 is 2.67 bits per heavy atom. The second kappa shape index (κ2) is 1.63. The predicted molar refractivity (Wildman–Crippen MR) is 33.6 cm³/mol. The maximum absolute atomic E-state index is 10.7. The topological polar surface area (TPSA) is 50.7 Å². The van der Waals surface area contributed by atoms with Crippen LogP contribution in [0.2, 0.25) is 0 Å². The van der Waals surface area contributed by atoms with Gasteiger partial charge in [0, 0.05) is 12.3 Å². The Labute approximate surface area is 55.3 Å². The van der Waals surface area contributed by atoms with Crippen molar-refractivity contribution in [2.24, 2.45) is 0 Å². The zero-order valence-corrected chi connectivity index (χ0v) is 5.44. The molecule has 9 heavy (non-hydrogen) atoms. The Morgan fingerprint density at radius 3 is 3.44 bits per heavy atom. The number of thioether (sulfide) groups is 1. The molecule has 0 fully saturated rings. The number of nitrogens with zero attached hydrogens (tertiary/aromatic N) is 2. The summed E-state index contributed by atoms with van der Waals surface area (Å²) in [6, 6.07) is 0.